The van der Waals surface area contributed by atoms with E-state index in [9.17, 15) is 13.2 Å². The fraction of sp³-hybridized carbons (Fsp3) is 0.273. The molecule has 2 aromatic rings. The fourth-order valence-electron chi connectivity index (χ4n) is 1.42. The molecule has 0 aliphatic heterocycles. The first-order valence-electron chi connectivity index (χ1n) is 5.30. The third kappa shape index (κ3) is 2.35. The predicted molar refractivity (Wildman–Crippen MR) is 57.0 cm³/mol. The molecule has 0 radical (unpaired) electrons. The van der Waals surface area contributed by atoms with E-state index < -0.39 is 17.5 Å². The molecule has 0 aliphatic rings. The van der Waals surface area contributed by atoms with Gasteiger partial charge in [0.1, 0.15) is 0 Å². The molecule has 1 heterocycles. The number of nitrogens with zero attached hydrogens (tertiary/aromatic N) is 2. The summed E-state index contributed by atoms with van der Waals surface area (Å²) in [7, 11) is 0. The summed E-state index contributed by atoms with van der Waals surface area (Å²) in [5.74, 6) is -4.00. The van der Waals surface area contributed by atoms with E-state index in [1.165, 1.54) is 0 Å². The number of hydrogen-bond donors (Lipinski definition) is 1. The number of nitrogens with two attached hydrogens (primary N) is 1. The SMILES string of the molecule is NCCCc1noc(-c2ccc(F)c(F)c2F)n1. The Kier molecular flexibility index (Phi) is 3.61. The van der Waals surface area contributed by atoms with Crippen molar-refractivity contribution in [2.45, 2.75) is 12.8 Å². The first-order chi connectivity index (χ1) is 8.63. The number of hydrogen-bond acceptors (Lipinski definition) is 4. The van der Waals surface area contributed by atoms with Gasteiger partial charge in [-0.05, 0) is 25.1 Å². The van der Waals surface area contributed by atoms with Crippen LogP contribution in [0.1, 0.15) is 12.2 Å². The summed E-state index contributed by atoms with van der Waals surface area (Å²) in [6.07, 6.45) is 1.13. The first-order valence-corrected chi connectivity index (χ1v) is 5.30. The number of benzene rings is 1. The van der Waals surface area contributed by atoms with Crippen molar-refractivity contribution in [2.24, 2.45) is 5.73 Å². The molecule has 7 heteroatoms. The Morgan fingerprint density at radius 2 is 1.94 bits per heavy atom. The summed E-state index contributed by atoms with van der Waals surface area (Å²) >= 11 is 0. The minimum absolute atomic E-state index is 0.182. The molecule has 96 valence electrons. The van der Waals surface area contributed by atoms with Gasteiger partial charge < -0.3 is 10.3 Å². The summed E-state index contributed by atoms with van der Waals surface area (Å²) in [6, 6.07) is 1.85. The maximum Gasteiger partial charge on any atom is 0.261 e. The van der Waals surface area contributed by atoms with Crippen molar-refractivity contribution in [1.82, 2.24) is 10.1 Å². The molecule has 2 rings (SSSR count). The van der Waals surface area contributed by atoms with Gasteiger partial charge in [0.05, 0.1) is 5.56 Å². The van der Waals surface area contributed by atoms with Gasteiger partial charge in [0.15, 0.2) is 23.3 Å². The summed E-state index contributed by atoms with van der Waals surface area (Å²) in [5.41, 5.74) is 5.05. The van der Waals surface area contributed by atoms with Gasteiger partial charge in [-0.1, -0.05) is 5.16 Å². The van der Waals surface area contributed by atoms with E-state index in [1.807, 2.05) is 0 Å². The van der Waals surface area contributed by atoms with Gasteiger partial charge in [0.25, 0.3) is 5.89 Å². The Bertz CT molecular complexity index is 556. The third-order valence-corrected chi connectivity index (χ3v) is 2.34. The quantitative estimate of drug-likeness (QED) is 0.851. The van der Waals surface area contributed by atoms with Crippen LogP contribution in [0.4, 0.5) is 13.2 Å². The second-order valence-electron chi connectivity index (χ2n) is 3.63. The van der Waals surface area contributed by atoms with Gasteiger partial charge in [-0.2, -0.15) is 4.98 Å². The number of aromatic nitrogens is 2. The molecular formula is C11H10F3N3O. The average Bonchev–Trinajstić information content (AvgIpc) is 2.82. The molecule has 0 bridgehead atoms. The lowest BCUT2D eigenvalue weighted by atomic mass is 10.2. The molecule has 0 spiro atoms. The van der Waals surface area contributed by atoms with E-state index in [2.05, 4.69) is 10.1 Å². The number of aryl methyl sites for hydroxylation is 1. The van der Waals surface area contributed by atoms with Gasteiger partial charge in [-0.25, -0.2) is 13.2 Å². The van der Waals surface area contributed by atoms with Gasteiger partial charge in [-0.3, -0.25) is 0 Å². The molecular weight excluding hydrogens is 247 g/mol. The Balaban J connectivity index is 2.31. The highest BCUT2D eigenvalue weighted by Crippen LogP contribution is 2.24. The normalized spacial score (nSPS) is 10.9. The highest BCUT2D eigenvalue weighted by molar-refractivity contribution is 5.53. The second kappa shape index (κ2) is 5.18. The van der Waals surface area contributed by atoms with Crippen LogP contribution in [0.25, 0.3) is 11.5 Å². The zero-order valence-electron chi connectivity index (χ0n) is 9.29. The van der Waals surface area contributed by atoms with E-state index in [0.29, 0.717) is 25.2 Å². The highest BCUT2D eigenvalue weighted by atomic mass is 19.2. The molecule has 0 fully saturated rings. The molecule has 0 saturated carbocycles. The van der Waals surface area contributed by atoms with Gasteiger partial charge in [-0.15, -0.1) is 0 Å². The standard InChI is InChI=1S/C11H10F3N3O/c12-7-4-3-6(9(13)10(7)14)11-16-8(17-18-11)2-1-5-15/h3-4H,1-2,5,15H2. The van der Waals surface area contributed by atoms with E-state index in [-0.39, 0.29) is 11.5 Å². The third-order valence-electron chi connectivity index (χ3n) is 2.34. The van der Waals surface area contributed by atoms with Crippen LogP contribution in [0, 0.1) is 17.5 Å². The average molecular weight is 257 g/mol. The molecule has 1 aromatic carbocycles. The lowest BCUT2D eigenvalue weighted by molar-refractivity contribution is 0.413. The Morgan fingerprint density at radius 1 is 1.17 bits per heavy atom. The Labute approximate surface area is 101 Å². The maximum atomic E-state index is 13.4. The van der Waals surface area contributed by atoms with Crippen LogP contribution in [0.5, 0.6) is 0 Å². The predicted octanol–water partition coefficient (Wildman–Crippen LogP) is 2.05. The van der Waals surface area contributed by atoms with Crippen LogP contribution in [-0.4, -0.2) is 16.7 Å². The van der Waals surface area contributed by atoms with Gasteiger partial charge in [0.2, 0.25) is 0 Å². The first kappa shape index (κ1) is 12.6. The van der Waals surface area contributed by atoms with Crippen LogP contribution >= 0.6 is 0 Å². The van der Waals surface area contributed by atoms with Crippen LogP contribution < -0.4 is 5.73 Å². The zero-order valence-corrected chi connectivity index (χ0v) is 9.29. The summed E-state index contributed by atoms with van der Waals surface area (Å²) in [6.45, 7) is 0.462. The minimum Gasteiger partial charge on any atom is -0.334 e. The summed E-state index contributed by atoms with van der Waals surface area (Å²) < 4.78 is 44.0. The number of rotatable bonds is 4. The topological polar surface area (TPSA) is 64.9 Å². The van der Waals surface area contributed by atoms with Crippen LogP contribution in [0.2, 0.25) is 0 Å². The molecule has 1 aromatic heterocycles. The molecule has 0 saturated heterocycles. The Morgan fingerprint density at radius 3 is 2.67 bits per heavy atom. The lowest BCUT2D eigenvalue weighted by Crippen LogP contribution is -2.01. The summed E-state index contributed by atoms with van der Waals surface area (Å²) in [4.78, 5) is 3.89. The van der Waals surface area contributed by atoms with Crippen molar-refractivity contribution in [2.75, 3.05) is 6.54 Å². The maximum absolute atomic E-state index is 13.4. The molecule has 0 amide bonds. The lowest BCUT2D eigenvalue weighted by Gasteiger charge is -1.99. The van der Waals surface area contributed by atoms with Crippen molar-refractivity contribution < 1.29 is 17.7 Å². The van der Waals surface area contributed by atoms with Crippen molar-refractivity contribution >= 4 is 0 Å². The monoisotopic (exact) mass is 257 g/mol. The largest absolute Gasteiger partial charge is 0.334 e. The zero-order chi connectivity index (χ0) is 13.1. The highest BCUT2D eigenvalue weighted by Gasteiger charge is 2.19. The molecule has 2 N–H and O–H groups in total. The minimum atomic E-state index is -1.56. The van der Waals surface area contributed by atoms with E-state index in [1.54, 1.807) is 0 Å². The molecule has 0 unspecified atom stereocenters. The van der Waals surface area contributed by atoms with Gasteiger partial charge >= 0.3 is 0 Å². The molecule has 18 heavy (non-hydrogen) atoms. The van der Waals surface area contributed by atoms with Crippen molar-refractivity contribution in [3.8, 4) is 11.5 Å². The van der Waals surface area contributed by atoms with Crippen molar-refractivity contribution in [3.05, 3.63) is 35.4 Å². The number of halogens is 3. The molecule has 4 nitrogen and oxygen atoms in total. The molecule has 0 aliphatic carbocycles. The van der Waals surface area contributed by atoms with E-state index >= 15 is 0 Å². The van der Waals surface area contributed by atoms with Crippen LogP contribution in [0.3, 0.4) is 0 Å². The fourth-order valence-corrected chi connectivity index (χ4v) is 1.42. The summed E-state index contributed by atoms with van der Waals surface area (Å²) in [5, 5.41) is 3.60. The van der Waals surface area contributed by atoms with Gasteiger partial charge in [0, 0.05) is 6.42 Å². The van der Waals surface area contributed by atoms with Crippen LogP contribution in [0.15, 0.2) is 16.7 Å². The van der Waals surface area contributed by atoms with E-state index in [0.717, 1.165) is 12.1 Å². The van der Waals surface area contributed by atoms with Crippen molar-refractivity contribution in [1.29, 1.82) is 0 Å². The Hall–Kier alpha value is -1.89. The van der Waals surface area contributed by atoms with Crippen molar-refractivity contribution in [3.63, 3.8) is 0 Å². The smallest absolute Gasteiger partial charge is 0.261 e. The second-order valence-corrected chi connectivity index (χ2v) is 3.63. The van der Waals surface area contributed by atoms with Crippen LogP contribution in [-0.2, 0) is 6.42 Å². The molecule has 0 atom stereocenters. The van der Waals surface area contributed by atoms with E-state index in [4.69, 9.17) is 10.3 Å².